The van der Waals surface area contributed by atoms with Gasteiger partial charge >= 0.3 is 7.12 Å². The fourth-order valence-corrected chi connectivity index (χ4v) is 4.80. The molecule has 154 valence electrons. The van der Waals surface area contributed by atoms with Crippen molar-refractivity contribution in [2.45, 2.75) is 78.6 Å². The Morgan fingerprint density at radius 1 is 0.966 bits per heavy atom. The summed E-state index contributed by atoms with van der Waals surface area (Å²) in [6.07, 6.45) is 3.59. The summed E-state index contributed by atoms with van der Waals surface area (Å²) in [4.78, 5) is 0. The average Bonchev–Trinajstić information content (AvgIpc) is 2.66. The second kappa shape index (κ2) is 7.77. The first kappa shape index (κ1) is 21.9. The lowest BCUT2D eigenvalue weighted by atomic mass is 9.60. The molecule has 0 spiro atoms. The van der Waals surface area contributed by atoms with Gasteiger partial charge in [-0.2, -0.15) is 0 Å². The molecule has 2 aromatic carbocycles. The van der Waals surface area contributed by atoms with Gasteiger partial charge in [0.1, 0.15) is 0 Å². The van der Waals surface area contributed by atoms with Gasteiger partial charge in [-0.3, -0.25) is 0 Å². The van der Waals surface area contributed by atoms with Crippen molar-refractivity contribution in [1.82, 2.24) is 0 Å². The van der Waals surface area contributed by atoms with Gasteiger partial charge in [0.25, 0.3) is 0 Å². The molecule has 2 N–H and O–H groups in total. The molecule has 0 fully saturated rings. The molecule has 1 atom stereocenters. The molecule has 1 unspecified atom stereocenters. The first-order valence-electron chi connectivity index (χ1n) is 10.8. The monoisotopic (exact) mass is 390 g/mol. The van der Waals surface area contributed by atoms with E-state index in [1.54, 1.807) is 12.1 Å². The van der Waals surface area contributed by atoms with Crippen LogP contribution in [0.15, 0.2) is 42.0 Å². The first-order chi connectivity index (χ1) is 13.5. The third-order valence-corrected chi connectivity index (χ3v) is 7.09. The Kier molecular flexibility index (Phi) is 5.86. The Hall–Kier alpha value is -1.84. The van der Waals surface area contributed by atoms with Crippen LogP contribution in [-0.4, -0.2) is 17.2 Å². The van der Waals surface area contributed by atoms with Gasteiger partial charge in [0, 0.05) is 0 Å². The van der Waals surface area contributed by atoms with E-state index < -0.39 is 7.12 Å². The molecular formula is C26H35BO2. The fourth-order valence-electron chi connectivity index (χ4n) is 4.80. The summed E-state index contributed by atoms with van der Waals surface area (Å²) in [6, 6.07) is 12.5. The highest BCUT2D eigenvalue weighted by Crippen LogP contribution is 2.49. The van der Waals surface area contributed by atoms with Crippen molar-refractivity contribution in [3.05, 3.63) is 69.8 Å². The lowest BCUT2D eigenvalue weighted by Crippen LogP contribution is -2.35. The van der Waals surface area contributed by atoms with Crippen LogP contribution in [0.2, 0.25) is 0 Å². The van der Waals surface area contributed by atoms with Crippen molar-refractivity contribution in [2.75, 3.05) is 0 Å². The first-order valence-corrected chi connectivity index (χ1v) is 10.8. The van der Waals surface area contributed by atoms with E-state index in [0.717, 1.165) is 12.0 Å². The molecular weight excluding hydrogens is 355 g/mol. The van der Waals surface area contributed by atoms with Crippen molar-refractivity contribution in [1.29, 1.82) is 0 Å². The summed E-state index contributed by atoms with van der Waals surface area (Å²) >= 11 is 0. The van der Waals surface area contributed by atoms with Gasteiger partial charge in [0.2, 0.25) is 0 Å². The highest BCUT2D eigenvalue weighted by Gasteiger charge is 2.39. The number of hydrogen-bond donors (Lipinski definition) is 2. The third-order valence-electron chi connectivity index (χ3n) is 7.09. The Balaban J connectivity index is 2.21. The summed E-state index contributed by atoms with van der Waals surface area (Å²) in [7, 11) is -1.43. The van der Waals surface area contributed by atoms with Gasteiger partial charge in [0.05, 0.1) is 0 Å². The third kappa shape index (κ3) is 3.95. The van der Waals surface area contributed by atoms with E-state index in [2.05, 4.69) is 60.6 Å². The molecule has 2 nitrogen and oxygen atoms in total. The van der Waals surface area contributed by atoms with Crippen LogP contribution < -0.4 is 5.46 Å². The molecule has 0 aromatic heterocycles. The molecule has 0 heterocycles. The standard InChI is InChI=1S/C26H35BO2/c1-8-26(7)14-13-25(5,6)22-15-18(4)21(16-23(22)26)24(17(2)3)19-9-11-20(12-10-19)27(28)29/h9-12,15-16,28-29H,8,13-14H2,1-7H3. The van der Waals surface area contributed by atoms with E-state index in [1.165, 1.54) is 46.2 Å². The minimum absolute atomic E-state index is 0.206. The largest absolute Gasteiger partial charge is 0.488 e. The zero-order valence-electron chi connectivity index (χ0n) is 19.1. The van der Waals surface area contributed by atoms with Crippen LogP contribution in [0.1, 0.15) is 88.6 Å². The molecule has 2 aromatic rings. The summed E-state index contributed by atoms with van der Waals surface area (Å²) in [5.41, 5.74) is 10.2. The molecule has 3 heteroatoms. The fraction of sp³-hybridized carbons (Fsp3) is 0.462. The minimum atomic E-state index is -1.43. The predicted molar refractivity (Wildman–Crippen MR) is 125 cm³/mol. The quantitative estimate of drug-likeness (QED) is 0.700. The second-order valence-electron chi connectivity index (χ2n) is 9.88. The molecule has 3 rings (SSSR count). The van der Waals surface area contributed by atoms with Gasteiger partial charge in [-0.05, 0) is 89.7 Å². The van der Waals surface area contributed by atoms with Gasteiger partial charge in [-0.1, -0.05) is 69.7 Å². The Bertz CT molecular complexity index is 934. The predicted octanol–water partition coefficient (Wildman–Crippen LogP) is 5.26. The number of aryl methyl sites for hydroxylation is 1. The number of rotatable bonds is 4. The van der Waals surface area contributed by atoms with Crippen molar-refractivity contribution >= 4 is 18.2 Å². The normalized spacial score (nSPS) is 20.2. The summed E-state index contributed by atoms with van der Waals surface area (Å²) in [5, 5.41) is 18.9. The summed E-state index contributed by atoms with van der Waals surface area (Å²) in [5.74, 6) is 0. The molecule has 0 bridgehead atoms. The van der Waals surface area contributed by atoms with E-state index in [4.69, 9.17) is 0 Å². The van der Waals surface area contributed by atoms with E-state index >= 15 is 0 Å². The second-order valence-corrected chi connectivity index (χ2v) is 9.88. The average molecular weight is 390 g/mol. The number of benzene rings is 2. The topological polar surface area (TPSA) is 40.5 Å². The van der Waals surface area contributed by atoms with Crippen molar-refractivity contribution in [3.8, 4) is 0 Å². The zero-order chi connectivity index (χ0) is 21.6. The van der Waals surface area contributed by atoms with Crippen molar-refractivity contribution < 1.29 is 10.0 Å². The van der Waals surface area contributed by atoms with E-state index in [0.29, 0.717) is 5.46 Å². The number of hydrogen-bond acceptors (Lipinski definition) is 2. The van der Waals surface area contributed by atoms with Gasteiger partial charge in [-0.25, -0.2) is 0 Å². The van der Waals surface area contributed by atoms with Crippen molar-refractivity contribution in [3.63, 3.8) is 0 Å². The SMILES string of the molecule is CCC1(C)CCC(C)(C)c2cc(C)c(C(=C(C)C)c3ccc(B(O)O)cc3)cc21. The molecule has 1 aliphatic carbocycles. The summed E-state index contributed by atoms with van der Waals surface area (Å²) in [6.45, 7) is 16.0. The Morgan fingerprint density at radius 2 is 1.59 bits per heavy atom. The molecule has 29 heavy (non-hydrogen) atoms. The lowest BCUT2D eigenvalue weighted by Gasteiger charge is -2.44. The van der Waals surface area contributed by atoms with Gasteiger partial charge < -0.3 is 10.0 Å². The number of allylic oxidation sites excluding steroid dienone is 1. The van der Waals surface area contributed by atoms with Crippen LogP contribution in [0.25, 0.3) is 5.57 Å². The highest BCUT2D eigenvalue weighted by molar-refractivity contribution is 6.58. The van der Waals surface area contributed by atoms with Crippen LogP contribution in [0.4, 0.5) is 0 Å². The molecule has 1 aliphatic rings. The highest BCUT2D eigenvalue weighted by atomic mass is 16.4. The Labute approximate surface area is 176 Å². The van der Waals surface area contributed by atoms with E-state index in [-0.39, 0.29) is 10.8 Å². The van der Waals surface area contributed by atoms with Crippen molar-refractivity contribution in [2.24, 2.45) is 0 Å². The van der Waals surface area contributed by atoms with Gasteiger partial charge in [0.15, 0.2) is 0 Å². The maximum Gasteiger partial charge on any atom is 0.488 e. The van der Waals surface area contributed by atoms with E-state index in [1.807, 2.05) is 12.1 Å². The van der Waals surface area contributed by atoms with Crippen LogP contribution in [-0.2, 0) is 10.8 Å². The van der Waals surface area contributed by atoms with Gasteiger partial charge in [-0.15, -0.1) is 0 Å². The van der Waals surface area contributed by atoms with Crippen LogP contribution in [0.5, 0.6) is 0 Å². The number of fused-ring (bicyclic) bond motifs is 1. The maximum atomic E-state index is 9.43. The minimum Gasteiger partial charge on any atom is -0.423 e. The molecule has 0 aliphatic heterocycles. The molecule has 0 radical (unpaired) electrons. The van der Waals surface area contributed by atoms with E-state index in [9.17, 15) is 10.0 Å². The smallest absolute Gasteiger partial charge is 0.423 e. The summed E-state index contributed by atoms with van der Waals surface area (Å²) < 4.78 is 0. The maximum absolute atomic E-state index is 9.43. The molecule has 0 amide bonds. The molecule has 0 saturated heterocycles. The lowest BCUT2D eigenvalue weighted by molar-refractivity contribution is 0.304. The molecule has 0 saturated carbocycles. The van der Waals surface area contributed by atoms with Crippen LogP contribution in [0.3, 0.4) is 0 Å². The van der Waals surface area contributed by atoms with Crippen LogP contribution >= 0.6 is 0 Å². The zero-order valence-corrected chi connectivity index (χ0v) is 19.1. The Morgan fingerprint density at radius 3 is 2.10 bits per heavy atom. The van der Waals surface area contributed by atoms with Crippen LogP contribution in [0, 0.1) is 6.92 Å².